The van der Waals surface area contributed by atoms with Crippen molar-refractivity contribution in [3.63, 3.8) is 0 Å². The van der Waals surface area contributed by atoms with Gasteiger partial charge in [0.05, 0.1) is 30.5 Å². The van der Waals surface area contributed by atoms with Crippen LogP contribution in [0.5, 0.6) is 0 Å². The highest BCUT2D eigenvalue weighted by Crippen LogP contribution is 2.34. The average Bonchev–Trinajstić information content (AvgIpc) is 3.08. The Balaban J connectivity index is 0.00000121. The summed E-state index contributed by atoms with van der Waals surface area (Å²) in [4.78, 5) is 14.1. The van der Waals surface area contributed by atoms with Crippen molar-refractivity contribution >= 4 is 30.7 Å². The van der Waals surface area contributed by atoms with Gasteiger partial charge in [-0.3, -0.25) is 9.48 Å². The molecular weight excluding hydrogens is 327 g/mol. The van der Waals surface area contributed by atoms with Crippen molar-refractivity contribution in [3.05, 3.63) is 17.5 Å². The summed E-state index contributed by atoms with van der Waals surface area (Å²) in [5.74, 6) is 0.0826. The van der Waals surface area contributed by atoms with Crippen LogP contribution in [0.25, 0.3) is 0 Å². The van der Waals surface area contributed by atoms with Crippen molar-refractivity contribution in [3.8, 4) is 0 Å². The summed E-state index contributed by atoms with van der Waals surface area (Å²) in [6.45, 7) is 6.52. The molecule has 6 nitrogen and oxygen atoms in total. The fourth-order valence-electron chi connectivity index (χ4n) is 2.73. The molecule has 2 heterocycles. The highest BCUT2D eigenvalue weighted by atomic mass is 35.5. The van der Waals surface area contributed by atoms with Crippen LogP contribution in [0.4, 0.5) is 0 Å². The number of morpholine rings is 1. The molecule has 1 saturated heterocycles. The number of amides is 1. The molecule has 1 aliphatic heterocycles. The first-order valence-corrected chi connectivity index (χ1v) is 7.19. The van der Waals surface area contributed by atoms with Gasteiger partial charge in [-0.05, 0) is 32.8 Å². The van der Waals surface area contributed by atoms with Gasteiger partial charge in [0, 0.05) is 18.8 Å². The molecule has 126 valence electrons. The van der Waals surface area contributed by atoms with Crippen LogP contribution in [-0.2, 0) is 16.1 Å². The highest BCUT2D eigenvalue weighted by Gasteiger charge is 2.48. The lowest BCUT2D eigenvalue weighted by Gasteiger charge is -2.34. The van der Waals surface area contributed by atoms with Crippen LogP contribution < -0.4 is 5.73 Å². The summed E-state index contributed by atoms with van der Waals surface area (Å²) < 4.78 is 7.71. The van der Waals surface area contributed by atoms with E-state index < -0.39 is 5.54 Å². The van der Waals surface area contributed by atoms with E-state index in [1.165, 1.54) is 0 Å². The van der Waals surface area contributed by atoms with Gasteiger partial charge in [0.1, 0.15) is 0 Å². The van der Waals surface area contributed by atoms with Gasteiger partial charge in [0.15, 0.2) is 0 Å². The molecule has 1 unspecified atom stereocenters. The van der Waals surface area contributed by atoms with E-state index in [9.17, 15) is 4.79 Å². The molecule has 1 aromatic heterocycles. The zero-order chi connectivity index (χ0) is 14.3. The number of nitrogens with zero attached hydrogens (tertiary/aromatic N) is 3. The Morgan fingerprint density at radius 2 is 2.14 bits per heavy atom. The second kappa shape index (κ2) is 7.17. The third-order valence-electron chi connectivity index (χ3n) is 4.12. The maximum Gasteiger partial charge on any atom is 0.242 e. The van der Waals surface area contributed by atoms with Gasteiger partial charge in [-0.1, -0.05) is 0 Å². The third-order valence-corrected chi connectivity index (χ3v) is 4.12. The van der Waals surface area contributed by atoms with Gasteiger partial charge in [0.25, 0.3) is 0 Å². The monoisotopic (exact) mass is 350 g/mol. The van der Waals surface area contributed by atoms with Gasteiger partial charge in [-0.2, -0.15) is 5.10 Å². The topological polar surface area (TPSA) is 73.4 Å². The zero-order valence-corrected chi connectivity index (χ0v) is 14.6. The van der Waals surface area contributed by atoms with Gasteiger partial charge >= 0.3 is 0 Å². The molecule has 1 atom stereocenters. The smallest absolute Gasteiger partial charge is 0.242 e. The molecule has 1 aromatic rings. The lowest BCUT2D eigenvalue weighted by molar-refractivity contribution is -0.141. The number of carbonyl (C=O) groups excluding carboxylic acids is 1. The van der Waals surface area contributed by atoms with Crippen molar-refractivity contribution in [2.24, 2.45) is 5.73 Å². The van der Waals surface area contributed by atoms with E-state index in [1.807, 2.05) is 29.5 Å². The molecule has 0 aromatic carbocycles. The molecular formula is C14H24Cl2N4O2. The Labute approximate surface area is 143 Å². The summed E-state index contributed by atoms with van der Waals surface area (Å²) in [5, 5.41) is 4.44. The van der Waals surface area contributed by atoms with Gasteiger partial charge in [-0.25, -0.2) is 0 Å². The Bertz CT molecular complexity index is 531. The van der Waals surface area contributed by atoms with E-state index in [0.717, 1.165) is 24.2 Å². The fourth-order valence-corrected chi connectivity index (χ4v) is 2.73. The number of aromatic nitrogens is 2. The Kier molecular flexibility index (Phi) is 6.27. The van der Waals surface area contributed by atoms with E-state index in [1.54, 1.807) is 0 Å². The maximum absolute atomic E-state index is 12.3. The predicted molar refractivity (Wildman–Crippen MR) is 88.7 cm³/mol. The molecule has 1 aliphatic carbocycles. The van der Waals surface area contributed by atoms with Crippen LogP contribution >= 0.6 is 24.8 Å². The minimum Gasteiger partial charge on any atom is -0.373 e. The Hall–Kier alpha value is -0.820. The number of ether oxygens (including phenoxy) is 1. The Morgan fingerprint density at radius 3 is 2.68 bits per heavy atom. The van der Waals surface area contributed by atoms with Crippen molar-refractivity contribution < 1.29 is 9.53 Å². The van der Waals surface area contributed by atoms with Crippen LogP contribution in [0.15, 0.2) is 6.07 Å². The van der Waals surface area contributed by atoms with E-state index in [-0.39, 0.29) is 36.8 Å². The summed E-state index contributed by atoms with van der Waals surface area (Å²) in [6.07, 6.45) is 1.62. The number of carbonyl (C=O) groups is 1. The molecule has 0 radical (unpaired) electrons. The predicted octanol–water partition coefficient (Wildman–Crippen LogP) is 1.06. The van der Waals surface area contributed by atoms with Gasteiger partial charge in [-0.15, -0.1) is 24.8 Å². The number of rotatable bonds is 3. The van der Waals surface area contributed by atoms with Crippen molar-refractivity contribution in [1.29, 1.82) is 0 Å². The maximum atomic E-state index is 12.3. The molecule has 1 amide bonds. The first-order chi connectivity index (χ1) is 9.48. The minimum atomic E-state index is -0.583. The molecule has 2 aliphatic rings. The third kappa shape index (κ3) is 3.93. The van der Waals surface area contributed by atoms with Crippen LogP contribution in [0.1, 0.15) is 24.2 Å². The molecule has 8 heteroatoms. The van der Waals surface area contributed by atoms with E-state index in [2.05, 4.69) is 5.10 Å². The Morgan fingerprint density at radius 1 is 1.45 bits per heavy atom. The van der Waals surface area contributed by atoms with Crippen molar-refractivity contribution in [2.75, 3.05) is 19.7 Å². The summed E-state index contributed by atoms with van der Waals surface area (Å²) >= 11 is 0. The summed E-state index contributed by atoms with van der Waals surface area (Å²) in [5.41, 5.74) is 7.54. The second-order valence-electron chi connectivity index (χ2n) is 6.01. The SMILES string of the molecule is Cc1cc(C)n(CC2CN(C(=O)C3(N)CC3)CCO2)n1.Cl.Cl. The van der Waals surface area contributed by atoms with Crippen LogP contribution in [0, 0.1) is 13.8 Å². The molecule has 1 saturated carbocycles. The number of aryl methyl sites for hydroxylation is 2. The average molecular weight is 351 g/mol. The largest absolute Gasteiger partial charge is 0.373 e. The normalized spacial score (nSPS) is 22.5. The molecule has 22 heavy (non-hydrogen) atoms. The number of halogens is 2. The standard InChI is InChI=1S/C14H22N4O2.2ClH/c1-10-7-11(2)18(16-10)9-12-8-17(5-6-20-12)13(19)14(15)3-4-14;;/h7,12H,3-6,8-9,15H2,1-2H3;2*1H. The number of hydrogen-bond acceptors (Lipinski definition) is 4. The molecule has 0 bridgehead atoms. The van der Waals surface area contributed by atoms with Gasteiger partial charge in [0.2, 0.25) is 5.91 Å². The van der Waals surface area contributed by atoms with Gasteiger partial charge < -0.3 is 15.4 Å². The minimum absolute atomic E-state index is 0. The van der Waals surface area contributed by atoms with Crippen LogP contribution in [0.2, 0.25) is 0 Å². The molecule has 2 N–H and O–H groups in total. The number of hydrogen-bond donors (Lipinski definition) is 1. The molecule has 2 fully saturated rings. The quantitative estimate of drug-likeness (QED) is 0.884. The second-order valence-corrected chi connectivity index (χ2v) is 6.01. The summed E-state index contributed by atoms with van der Waals surface area (Å²) in [7, 11) is 0. The van der Waals surface area contributed by atoms with Crippen molar-refractivity contribution in [1.82, 2.24) is 14.7 Å². The highest BCUT2D eigenvalue weighted by molar-refractivity contribution is 5.89. The molecule has 3 rings (SSSR count). The van der Waals surface area contributed by atoms with Crippen LogP contribution in [-0.4, -0.2) is 51.9 Å². The van der Waals surface area contributed by atoms with E-state index in [0.29, 0.717) is 26.2 Å². The van der Waals surface area contributed by atoms with Crippen molar-refractivity contribution in [2.45, 2.75) is 44.9 Å². The lowest BCUT2D eigenvalue weighted by Crippen LogP contribution is -2.53. The molecule has 0 spiro atoms. The summed E-state index contributed by atoms with van der Waals surface area (Å²) in [6, 6.07) is 2.05. The first-order valence-electron chi connectivity index (χ1n) is 7.19. The number of nitrogens with two attached hydrogens (primary N) is 1. The fraction of sp³-hybridized carbons (Fsp3) is 0.714. The van der Waals surface area contributed by atoms with E-state index >= 15 is 0 Å². The zero-order valence-electron chi connectivity index (χ0n) is 12.9. The lowest BCUT2D eigenvalue weighted by atomic mass is 10.2. The van der Waals surface area contributed by atoms with Crippen LogP contribution in [0.3, 0.4) is 0 Å². The first kappa shape index (κ1) is 19.2. The van der Waals surface area contributed by atoms with E-state index in [4.69, 9.17) is 10.5 Å².